The van der Waals surface area contributed by atoms with Gasteiger partial charge < -0.3 is 19.0 Å². The molecule has 0 bridgehead atoms. The van der Waals surface area contributed by atoms with Crippen LogP contribution in [0, 0.1) is 5.82 Å². The number of aromatic nitrogens is 3. The SMILES string of the molecule is O=C(O)c1cn2c3c(c(-n4ccnc4)c(F)cc3c1=O)Oc1ccc3ccccc3c1-2. The highest BCUT2D eigenvalue weighted by atomic mass is 19.1. The Bertz CT molecular complexity index is 1620. The molecule has 0 atom stereocenters. The fourth-order valence-corrected chi connectivity index (χ4v) is 4.15. The van der Waals surface area contributed by atoms with Crippen molar-refractivity contribution in [1.82, 2.24) is 14.1 Å². The highest BCUT2D eigenvalue weighted by molar-refractivity contribution is 6.01. The van der Waals surface area contributed by atoms with Crippen LogP contribution in [0.5, 0.6) is 11.5 Å². The number of carboxylic acid groups (broad SMARTS) is 1. The molecule has 8 heteroatoms. The summed E-state index contributed by atoms with van der Waals surface area (Å²) in [7, 11) is 0. The minimum absolute atomic E-state index is 0.0742. The van der Waals surface area contributed by atoms with Crippen molar-refractivity contribution >= 4 is 27.6 Å². The van der Waals surface area contributed by atoms with Crippen LogP contribution in [-0.4, -0.2) is 25.2 Å². The monoisotopic (exact) mass is 413 g/mol. The molecule has 0 amide bonds. The Hall–Kier alpha value is -4.46. The van der Waals surface area contributed by atoms with Gasteiger partial charge in [0, 0.05) is 24.0 Å². The zero-order valence-corrected chi connectivity index (χ0v) is 15.7. The first-order chi connectivity index (χ1) is 15.0. The smallest absolute Gasteiger partial charge is 0.341 e. The molecule has 0 radical (unpaired) electrons. The lowest BCUT2D eigenvalue weighted by Crippen LogP contribution is -2.21. The minimum Gasteiger partial charge on any atom is -0.477 e. The maximum atomic E-state index is 15.2. The first-order valence-electron chi connectivity index (χ1n) is 9.38. The average molecular weight is 413 g/mol. The Balaban J connectivity index is 1.87. The fourth-order valence-electron chi connectivity index (χ4n) is 4.15. The van der Waals surface area contributed by atoms with Gasteiger partial charge in [-0.1, -0.05) is 30.3 Å². The van der Waals surface area contributed by atoms with Crippen molar-refractivity contribution in [2.45, 2.75) is 0 Å². The van der Waals surface area contributed by atoms with E-state index in [2.05, 4.69) is 4.98 Å². The Morgan fingerprint density at radius 1 is 1.10 bits per heavy atom. The molecule has 0 fully saturated rings. The highest BCUT2D eigenvalue weighted by Crippen LogP contribution is 2.46. The number of nitrogens with zero attached hydrogens (tertiary/aromatic N) is 3. The third kappa shape index (κ3) is 2.29. The number of aromatic carboxylic acids is 1. The Labute approximate surface area is 173 Å². The number of carboxylic acids is 1. The Morgan fingerprint density at radius 2 is 1.94 bits per heavy atom. The molecule has 1 aliphatic rings. The summed E-state index contributed by atoms with van der Waals surface area (Å²) in [6, 6.07) is 12.2. The molecular formula is C23H12FN3O4. The molecule has 1 aliphatic heterocycles. The van der Waals surface area contributed by atoms with Crippen molar-refractivity contribution in [3.63, 3.8) is 0 Å². The average Bonchev–Trinajstić information content (AvgIpc) is 3.29. The second kappa shape index (κ2) is 6.02. The standard InChI is InChI=1S/C23H12FN3O4/c24-16-9-14-19-22(20(16)26-8-7-25-11-26)31-17-6-5-12-3-1-2-4-13(12)18(17)27(19)10-15(21(14)28)23(29)30/h1-11H,(H,29,30). The zero-order chi connectivity index (χ0) is 21.3. The van der Waals surface area contributed by atoms with Crippen molar-refractivity contribution in [2.75, 3.05) is 0 Å². The Morgan fingerprint density at radius 3 is 2.71 bits per heavy atom. The number of rotatable bonds is 2. The van der Waals surface area contributed by atoms with Crippen LogP contribution >= 0.6 is 0 Å². The van der Waals surface area contributed by atoms with Gasteiger partial charge in [-0.15, -0.1) is 0 Å². The number of fused-ring (bicyclic) bond motifs is 4. The first kappa shape index (κ1) is 17.4. The van der Waals surface area contributed by atoms with Crippen LogP contribution in [0.3, 0.4) is 0 Å². The summed E-state index contributed by atoms with van der Waals surface area (Å²) in [6.07, 6.45) is 5.77. The number of imidazole rings is 1. The van der Waals surface area contributed by atoms with Crippen molar-refractivity contribution in [2.24, 2.45) is 0 Å². The molecule has 31 heavy (non-hydrogen) atoms. The normalized spacial score (nSPS) is 12.0. The summed E-state index contributed by atoms with van der Waals surface area (Å²) in [5, 5.41) is 11.3. The molecule has 0 unspecified atom stereocenters. The van der Waals surface area contributed by atoms with Crippen molar-refractivity contribution < 1.29 is 19.0 Å². The maximum absolute atomic E-state index is 15.2. The summed E-state index contributed by atoms with van der Waals surface area (Å²) >= 11 is 0. The Kier molecular flexibility index (Phi) is 3.38. The molecule has 7 nitrogen and oxygen atoms in total. The molecule has 0 saturated carbocycles. The number of pyridine rings is 1. The molecule has 3 aromatic carbocycles. The van der Waals surface area contributed by atoms with Gasteiger partial charge in [-0.05, 0) is 17.5 Å². The zero-order valence-electron chi connectivity index (χ0n) is 15.7. The predicted octanol–water partition coefficient (Wildman–Crippen LogP) is 4.27. The summed E-state index contributed by atoms with van der Waals surface area (Å²) in [6.45, 7) is 0. The highest BCUT2D eigenvalue weighted by Gasteiger charge is 2.29. The second-order valence-corrected chi connectivity index (χ2v) is 7.18. The lowest BCUT2D eigenvalue weighted by atomic mass is 10.0. The van der Waals surface area contributed by atoms with Gasteiger partial charge in [0.15, 0.2) is 17.3 Å². The van der Waals surface area contributed by atoms with Crippen LogP contribution in [0.1, 0.15) is 10.4 Å². The van der Waals surface area contributed by atoms with Gasteiger partial charge in [-0.2, -0.15) is 0 Å². The van der Waals surface area contributed by atoms with Crippen molar-refractivity contribution in [3.8, 4) is 22.9 Å². The number of hydrogen-bond donors (Lipinski definition) is 1. The molecule has 0 spiro atoms. The fraction of sp³-hybridized carbons (Fsp3) is 0. The lowest BCUT2D eigenvalue weighted by Gasteiger charge is -2.27. The lowest BCUT2D eigenvalue weighted by molar-refractivity contribution is 0.0695. The number of halogens is 1. The summed E-state index contributed by atoms with van der Waals surface area (Å²) in [5.41, 5.74) is -0.261. The largest absolute Gasteiger partial charge is 0.477 e. The van der Waals surface area contributed by atoms with Gasteiger partial charge in [-0.3, -0.25) is 4.79 Å². The van der Waals surface area contributed by atoms with Crippen LogP contribution in [-0.2, 0) is 0 Å². The molecule has 0 aliphatic carbocycles. The first-order valence-corrected chi connectivity index (χ1v) is 9.38. The summed E-state index contributed by atoms with van der Waals surface area (Å²) in [4.78, 5) is 28.7. The van der Waals surface area contributed by atoms with E-state index in [-0.39, 0.29) is 16.8 Å². The molecule has 5 aromatic rings. The van der Waals surface area contributed by atoms with Crippen LogP contribution in [0.2, 0.25) is 0 Å². The van der Waals surface area contributed by atoms with E-state index in [9.17, 15) is 14.7 Å². The molecular weight excluding hydrogens is 401 g/mol. The predicted molar refractivity (Wildman–Crippen MR) is 111 cm³/mol. The van der Waals surface area contributed by atoms with Crippen molar-refractivity contribution in [1.29, 1.82) is 0 Å². The van der Waals surface area contributed by atoms with E-state index in [0.717, 1.165) is 16.8 Å². The van der Waals surface area contributed by atoms with E-state index >= 15 is 4.39 Å². The van der Waals surface area contributed by atoms with Crippen LogP contribution < -0.4 is 10.2 Å². The maximum Gasteiger partial charge on any atom is 0.341 e. The quantitative estimate of drug-likeness (QED) is 0.458. The molecule has 2 aromatic heterocycles. The van der Waals surface area contributed by atoms with Crippen LogP contribution in [0.25, 0.3) is 33.1 Å². The van der Waals surface area contributed by atoms with Crippen molar-refractivity contribution in [3.05, 3.63) is 89.0 Å². The molecule has 0 saturated heterocycles. The van der Waals surface area contributed by atoms with E-state index in [0.29, 0.717) is 17.0 Å². The molecule has 3 heterocycles. The van der Waals surface area contributed by atoms with E-state index in [1.54, 1.807) is 16.8 Å². The third-order valence-electron chi connectivity index (χ3n) is 5.48. The number of hydrogen-bond acceptors (Lipinski definition) is 4. The second-order valence-electron chi connectivity index (χ2n) is 7.18. The van der Waals surface area contributed by atoms with Gasteiger partial charge >= 0.3 is 5.97 Å². The van der Waals surface area contributed by atoms with Gasteiger partial charge in [0.2, 0.25) is 5.43 Å². The molecule has 150 valence electrons. The van der Waals surface area contributed by atoms with E-state index in [4.69, 9.17) is 4.74 Å². The number of ether oxygens (including phenoxy) is 1. The molecule has 1 N–H and O–H groups in total. The van der Waals surface area contributed by atoms with Gasteiger partial charge in [0.05, 0.1) is 17.4 Å². The van der Waals surface area contributed by atoms with Crippen LogP contribution in [0.4, 0.5) is 4.39 Å². The van der Waals surface area contributed by atoms with Gasteiger partial charge in [-0.25, -0.2) is 14.2 Å². The van der Waals surface area contributed by atoms with E-state index in [1.807, 2.05) is 30.3 Å². The third-order valence-corrected chi connectivity index (χ3v) is 5.48. The number of benzene rings is 3. The van der Waals surface area contributed by atoms with Crippen LogP contribution in [0.15, 0.2) is 72.2 Å². The summed E-state index contributed by atoms with van der Waals surface area (Å²) < 4.78 is 24.4. The topological polar surface area (TPSA) is 86.4 Å². The van der Waals surface area contributed by atoms with E-state index in [1.165, 1.54) is 23.3 Å². The van der Waals surface area contributed by atoms with E-state index < -0.39 is 22.8 Å². The number of carbonyl (C=O) groups is 1. The molecule has 6 rings (SSSR count). The minimum atomic E-state index is -1.38. The van der Waals surface area contributed by atoms with Gasteiger partial charge in [0.1, 0.15) is 16.8 Å². The summed E-state index contributed by atoms with van der Waals surface area (Å²) in [5.74, 6) is -1.58. The van der Waals surface area contributed by atoms with Gasteiger partial charge in [0.25, 0.3) is 0 Å².